The van der Waals surface area contributed by atoms with Crippen LogP contribution >= 0.6 is 0 Å². The van der Waals surface area contributed by atoms with Crippen molar-refractivity contribution < 1.29 is 17.4 Å². The molecule has 1 unspecified atom stereocenters. The first-order chi connectivity index (χ1) is 13.3. The molecule has 0 radical (unpaired) electrons. The van der Waals surface area contributed by atoms with Gasteiger partial charge in [0.2, 0.25) is 0 Å². The predicted octanol–water partition coefficient (Wildman–Crippen LogP) is 1.99. The highest BCUT2D eigenvalue weighted by molar-refractivity contribution is 7.82. The summed E-state index contributed by atoms with van der Waals surface area (Å²) in [6.45, 7) is 0. The van der Waals surface area contributed by atoms with Crippen LogP contribution in [0.5, 0.6) is 0 Å². The Morgan fingerprint density at radius 2 is 1.86 bits per heavy atom. The van der Waals surface area contributed by atoms with Crippen LogP contribution in [0.3, 0.4) is 0 Å². The van der Waals surface area contributed by atoms with Crippen molar-refractivity contribution in [3.8, 4) is 11.1 Å². The van der Waals surface area contributed by atoms with Crippen molar-refractivity contribution in [2.75, 3.05) is 0 Å². The second-order valence-electron chi connectivity index (χ2n) is 5.66. The molecule has 3 aromatic rings. The molecule has 1 aromatic heterocycles. The Kier molecular flexibility index (Phi) is 5.31. The minimum Gasteiger partial charge on any atom is -0.382 e. The Morgan fingerprint density at radius 1 is 1.11 bits per heavy atom. The number of nitrogens with zero attached hydrogens (tertiary/aromatic N) is 2. The van der Waals surface area contributed by atoms with Crippen molar-refractivity contribution >= 4 is 27.7 Å². The molecule has 1 atom stereocenters. The van der Waals surface area contributed by atoms with Crippen LogP contribution in [0, 0.1) is 0 Å². The second-order valence-corrected chi connectivity index (χ2v) is 6.66. The van der Waals surface area contributed by atoms with Gasteiger partial charge < -0.3 is 5.73 Å². The van der Waals surface area contributed by atoms with Gasteiger partial charge in [0.1, 0.15) is 11.0 Å². The fraction of sp³-hybridized carbons (Fsp3) is 0.0588. The Labute approximate surface area is 160 Å². The van der Waals surface area contributed by atoms with E-state index in [-0.39, 0.29) is 11.1 Å². The Morgan fingerprint density at radius 3 is 2.50 bits per heavy atom. The number of hydrogen-bond acceptors (Lipinski definition) is 5. The summed E-state index contributed by atoms with van der Waals surface area (Å²) in [7, 11) is -2.51. The number of halogens is 3. The first-order valence-corrected chi connectivity index (χ1v) is 9.00. The van der Waals surface area contributed by atoms with Gasteiger partial charge in [0, 0.05) is 17.1 Å². The van der Waals surface area contributed by atoms with Gasteiger partial charge in [-0.3, -0.25) is 4.98 Å². The number of fused-ring (bicyclic) bond motifs is 1. The van der Waals surface area contributed by atoms with E-state index in [1.807, 2.05) is 5.53 Å². The van der Waals surface area contributed by atoms with Crippen molar-refractivity contribution in [1.29, 1.82) is 0 Å². The Hall–Kier alpha value is -3.02. The largest absolute Gasteiger partial charge is 0.417 e. The third-order valence-corrected chi connectivity index (χ3v) is 4.87. The lowest BCUT2D eigenvalue weighted by molar-refractivity contribution is -0.139. The molecule has 2 aromatic carbocycles. The van der Waals surface area contributed by atoms with Crippen LogP contribution in [-0.4, -0.2) is 15.0 Å². The van der Waals surface area contributed by atoms with Crippen LogP contribution in [0.4, 0.5) is 13.2 Å². The molecule has 0 aliphatic rings. The fourth-order valence-electron chi connectivity index (χ4n) is 2.96. The maximum atomic E-state index is 13.5. The van der Waals surface area contributed by atoms with Gasteiger partial charge in [-0.05, 0) is 29.3 Å². The highest BCUT2D eigenvalue weighted by atomic mass is 32.2. The number of benzene rings is 2. The van der Waals surface area contributed by atoms with Gasteiger partial charge in [0.25, 0.3) is 0 Å². The van der Waals surface area contributed by atoms with Crippen LogP contribution in [-0.2, 0) is 17.2 Å². The number of nitrogens with one attached hydrogen (secondary N) is 1. The number of amidine groups is 1. The van der Waals surface area contributed by atoms with E-state index in [1.54, 1.807) is 36.5 Å². The summed E-state index contributed by atoms with van der Waals surface area (Å²) in [5.74, 6) is 4.75. The summed E-state index contributed by atoms with van der Waals surface area (Å²) >= 11 is 0. The van der Waals surface area contributed by atoms with Crippen LogP contribution in [0.15, 0.2) is 58.7 Å². The van der Waals surface area contributed by atoms with Crippen LogP contribution in [0.2, 0.25) is 0 Å². The molecule has 0 aliphatic carbocycles. The van der Waals surface area contributed by atoms with Gasteiger partial charge in [-0.15, -0.1) is 5.10 Å². The maximum Gasteiger partial charge on any atom is 0.417 e. The van der Waals surface area contributed by atoms with Crippen molar-refractivity contribution in [3.63, 3.8) is 0 Å². The summed E-state index contributed by atoms with van der Waals surface area (Å²) in [5.41, 5.74) is 7.83. The van der Waals surface area contributed by atoms with E-state index >= 15 is 0 Å². The molecule has 3 rings (SSSR count). The standard InChI is InChI=1S/C17H15F3N6OS/c18-17(19,20)12-7-6-11(14(15(12)28(23)27)16(21)25-26-22)9-3-1-5-13-10(9)4-2-8-24-13/h1-8,26H,22-23H2,(H2,21,25). The molecule has 28 heavy (non-hydrogen) atoms. The summed E-state index contributed by atoms with van der Waals surface area (Å²) in [5, 5.41) is 9.64. The average molecular weight is 408 g/mol. The zero-order valence-electron chi connectivity index (χ0n) is 14.2. The lowest BCUT2D eigenvalue weighted by atomic mass is 9.93. The molecule has 0 amide bonds. The van der Waals surface area contributed by atoms with E-state index in [0.717, 1.165) is 6.07 Å². The van der Waals surface area contributed by atoms with E-state index in [1.165, 1.54) is 6.07 Å². The first kappa shape index (κ1) is 19.7. The molecule has 1 heterocycles. The number of hydrazine groups is 1. The SMILES string of the molecule is NN/N=C(\N)c1c(-c2cccc3ncccc23)ccc(C(F)(F)F)c1S(N)=O. The van der Waals surface area contributed by atoms with Crippen molar-refractivity contribution in [3.05, 3.63) is 59.8 Å². The molecule has 11 heteroatoms. The van der Waals surface area contributed by atoms with E-state index in [2.05, 4.69) is 10.1 Å². The molecule has 0 saturated carbocycles. The normalized spacial score (nSPS) is 13.5. The molecule has 7 N–H and O–H groups in total. The third-order valence-electron chi connectivity index (χ3n) is 4.04. The highest BCUT2D eigenvalue weighted by Crippen LogP contribution is 2.39. The van der Waals surface area contributed by atoms with Gasteiger partial charge >= 0.3 is 6.18 Å². The zero-order chi connectivity index (χ0) is 20.5. The minimum absolute atomic E-state index is 0.218. The van der Waals surface area contributed by atoms with E-state index in [9.17, 15) is 17.4 Å². The smallest absolute Gasteiger partial charge is 0.382 e. The fourth-order valence-corrected chi connectivity index (χ4v) is 3.77. The van der Waals surface area contributed by atoms with E-state index < -0.39 is 33.5 Å². The summed E-state index contributed by atoms with van der Waals surface area (Å²) < 4.78 is 52.6. The van der Waals surface area contributed by atoms with Crippen molar-refractivity contribution in [2.24, 2.45) is 21.8 Å². The van der Waals surface area contributed by atoms with Crippen LogP contribution < -0.4 is 22.3 Å². The van der Waals surface area contributed by atoms with E-state index in [4.69, 9.17) is 16.7 Å². The highest BCUT2D eigenvalue weighted by Gasteiger charge is 2.37. The lowest BCUT2D eigenvalue weighted by Gasteiger charge is -2.19. The van der Waals surface area contributed by atoms with Gasteiger partial charge in [0.15, 0.2) is 5.84 Å². The average Bonchev–Trinajstić information content (AvgIpc) is 2.65. The number of hydrogen-bond donors (Lipinski definition) is 4. The molecular formula is C17H15F3N6OS. The minimum atomic E-state index is -4.80. The van der Waals surface area contributed by atoms with E-state index in [0.29, 0.717) is 16.5 Å². The monoisotopic (exact) mass is 408 g/mol. The first-order valence-electron chi connectivity index (χ1n) is 7.79. The number of alkyl halides is 3. The van der Waals surface area contributed by atoms with Gasteiger partial charge in [-0.1, -0.05) is 24.3 Å². The second kappa shape index (κ2) is 7.54. The number of pyridine rings is 1. The Bertz CT molecular complexity index is 1090. The molecule has 0 aliphatic heterocycles. The Balaban J connectivity index is 2.47. The molecule has 7 nitrogen and oxygen atoms in total. The van der Waals surface area contributed by atoms with Crippen molar-refractivity contribution in [1.82, 2.24) is 10.5 Å². The molecule has 146 valence electrons. The zero-order valence-corrected chi connectivity index (χ0v) is 15.0. The number of nitrogens with two attached hydrogens (primary N) is 3. The molecule has 0 bridgehead atoms. The summed E-state index contributed by atoms with van der Waals surface area (Å²) in [4.78, 5) is 3.56. The van der Waals surface area contributed by atoms with Crippen molar-refractivity contribution in [2.45, 2.75) is 11.1 Å². The topological polar surface area (TPSA) is 132 Å². The number of rotatable bonds is 4. The maximum absolute atomic E-state index is 13.5. The lowest BCUT2D eigenvalue weighted by Crippen LogP contribution is -2.27. The van der Waals surface area contributed by atoms with Crippen LogP contribution in [0.25, 0.3) is 22.0 Å². The molecule has 0 spiro atoms. The third kappa shape index (κ3) is 3.54. The summed E-state index contributed by atoms with van der Waals surface area (Å²) in [6, 6.07) is 10.6. The quantitative estimate of drug-likeness (QED) is 0.227. The summed E-state index contributed by atoms with van der Waals surface area (Å²) in [6.07, 6.45) is -3.21. The van der Waals surface area contributed by atoms with Crippen LogP contribution in [0.1, 0.15) is 11.1 Å². The number of aromatic nitrogens is 1. The molecule has 0 fully saturated rings. The van der Waals surface area contributed by atoms with Gasteiger partial charge in [-0.25, -0.2) is 20.7 Å². The van der Waals surface area contributed by atoms with Gasteiger partial charge in [0.05, 0.1) is 16.0 Å². The van der Waals surface area contributed by atoms with Gasteiger partial charge in [-0.2, -0.15) is 13.2 Å². The molecule has 0 saturated heterocycles. The number of hydrazone groups is 1. The molecular weight excluding hydrogens is 393 g/mol. The predicted molar refractivity (Wildman–Crippen MR) is 101 cm³/mol.